The van der Waals surface area contributed by atoms with Gasteiger partial charge in [0.05, 0.1) is 24.4 Å². The lowest BCUT2D eigenvalue weighted by Gasteiger charge is -2.30. The lowest BCUT2D eigenvalue weighted by molar-refractivity contribution is -0.121. The molecule has 2 N–H and O–H groups in total. The number of alkyl halides is 3. The monoisotopic (exact) mass is 515 g/mol. The van der Waals surface area contributed by atoms with Crippen molar-refractivity contribution in [2.45, 2.75) is 44.4 Å². The zero-order valence-electron chi connectivity index (χ0n) is 17.7. The minimum Gasteiger partial charge on any atom is -0.503 e. The van der Waals surface area contributed by atoms with E-state index in [2.05, 4.69) is 26.0 Å². The molecule has 0 aliphatic rings. The van der Waals surface area contributed by atoms with Crippen LogP contribution in [0.4, 0.5) is 14.5 Å². The number of esters is 1. The van der Waals surface area contributed by atoms with Crippen molar-refractivity contribution in [1.29, 1.82) is 0 Å². The van der Waals surface area contributed by atoms with Gasteiger partial charge in [0.15, 0.2) is 11.5 Å². The second-order valence-corrected chi connectivity index (χ2v) is 8.08. The molecule has 2 rings (SSSR count). The number of halogens is 3. The number of ether oxygens (including phenoxy) is 3. The van der Waals surface area contributed by atoms with Gasteiger partial charge >= 0.3 is 12.6 Å². The van der Waals surface area contributed by atoms with Gasteiger partial charge in [0.25, 0.3) is 0 Å². The molecule has 0 aliphatic carbocycles. The van der Waals surface area contributed by atoms with E-state index in [1.165, 1.54) is 0 Å². The van der Waals surface area contributed by atoms with Crippen LogP contribution in [0.15, 0.2) is 42.5 Å². The standard InChI is InChI=1S/C22H24BrF2NO6/c1-4-30-20(29)14-10-11-15(32-21(24)25)17(27)16(14)26-19(28)18(23)22(2,3)31-12-13-8-6-5-7-9-13/h5-11,18,21,27H,4,12H2,1-3H3,(H,26,28)/t18-/m1/s1. The Labute approximate surface area is 192 Å². The van der Waals surface area contributed by atoms with E-state index in [1.54, 1.807) is 20.8 Å². The second kappa shape index (κ2) is 11.2. The van der Waals surface area contributed by atoms with E-state index in [1.807, 2.05) is 30.3 Å². The van der Waals surface area contributed by atoms with Crippen LogP contribution in [0, 0.1) is 0 Å². The third kappa shape index (κ3) is 6.64. The smallest absolute Gasteiger partial charge is 0.387 e. The van der Waals surface area contributed by atoms with E-state index in [9.17, 15) is 23.5 Å². The number of hydrogen-bond donors (Lipinski definition) is 2. The SMILES string of the molecule is CCOC(=O)c1ccc(OC(F)F)c(O)c1NC(=O)[C@@H](Br)C(C)(C)OCc1ccccc1. The molecular formula is C22H24BrF2NO6. The molecule has 32 heavy (non-hydrogen) atoms. The third-order valence-electron chi connectivity index (χ3n) is 4.39. The van der Waals surface area contributed by atoms with Gasteiger partial charge in [0, 0.05) is 0 Å². The zero-order valence-corrected chi connectivity index (χ0v) is 19.3. The van der Waals surface area contributed by atoms with Crippen LogP contribution in [0.5, 0.6) is 11.5 Å². The molecular weight excluding hydrogens is 492 g/mol. The van der Waals surface area contributed by atoms with Crippen molar-refractivity contribution in [2.75, 3.05) is 11.9 Å². The van der Waals surface area contributed by atoms with E-state index < -0.39 is 46.1 Å². The number of rotatable bonds is 10. The van der Waals surface area contributed by atoms with Gasteiger partial charge in [0.1, 0.15) is 10.5 Å². The molecule has 0 heterocycles. The summed E-state index contributed by atoms with van der Waals surface area (Å²) in [5.41, 5.74) is -0.742. The summed E-state index contributed by atoms with van der Waals surface area (Å²) in [6.07, 6.45) is 0. The number of hydrogen-bond acceptors (Lipinski definition) is 6. The number of phenols is 1. The Balaban J connectivity index is 2.25. The molecule has 10 heteroatoms. The number of benzene rings is 2. The number of carbonyl (C=O) groups is 2. The molecule has 0 saturated carbocycles. The average Bonchev–Trinajstić information content (AvgIpc) is 2.75. The molecule has 0 aromatic heterocycles. The Morgan fingerprint density at radius 1 is 1.16 bits per heavy atom. The Morgan fingerprint density at radius 2 is 1.81 bits per heavy atom. The molecule has 2 aromatic rings. The van der Waals surface area contributed by atoms with Crippen molar-refractivity contribution in [2.24, 2.45) is 0 Å². The van der Waals surface area contributed by atoms with E-state index in [0.717, 1.165) is 17.7 Å². The van der Waals surface area contributed by atoms with Crippen LogP contribution in [-0.2, 0) is 20.9 Å². The summed E-state index contributed by atoms with van der Waals surface area (Å²) >= 11 is 3.29. The maximum Gasteiger partial charge on any atom is 0.387 e. The Kier molecular flexibility index (Phi) is 8.97. The van der Waals surface area contributed by atoms with Gasteiger partial charge in [-0.15, -0.1) is 0 Å². The number of aromatic hydroxyl groups is 1. The molecule has 0 spiro atoms. The number of anilines is 1. The minimum absolute atomic E-state index is 0.0314. The minimum atomic E-state index is -3.22. The zero-order chi connectivity index (χ0) is 23.9. The fourth-order valence-corrected chi connectivity index (χ4v) is 2.93. The molecule has 0 aliphatic heterocycles. The first-order valence-corrected chi connectivity index (χ1v) is 10.6. The topological polar surface area (TPSA) is 94.1 Å². The van der Waals surface area contributed by atoms with Crippen molar-refractivity contribution >= 4 is 33.5 Å². The first-order valence-electron chi connectivity index (χ1n) is 9.67. The van der Waals surface area contributed by atoms with Crippen LogP contribution in [0.2, 0.25) is 0 Å². The summed E-state index contributed by atoms with van der Waals surface area (Å²) < 4.78 is 40.3. The van der Waals surface area contributed by atoms with E-state index >= 15 is 0 Å². The van der Waals surface area contributed by atoms with Gasteiger partial charge in [-0.05, 0) is 38.5 Å². The highest BCUT2D eigenvalue weighted by molar-refractivity contribution is 9.10. The summed E-state index contributed by atoms with van der Waals surface area (Å²) in [6.45, 7) is 1.98. The first kappa shape index (κ1) is 25.5. The first-order chi connectivity index (χ1) is 15.1. The maximum atomic E-state index is 12.9. The van der Waals surface area contributed by atoms with Crippen molar-refractivity contribution in [3.63, 3.8) is 0 Å². The van der Waals surface area contributed by atoms with Crippen LogP contribution in [0.1, 0.15) is 36.7 Å². The Hall–Kier alpha value is -2.72. The lowest BCUT2D eigenvalue weighted by Crippen LogP contribution is -2.43. The molecule has 7 nitrogen and oxygen atoms in total. The van der Waals surface area contributed by atoms with E-state index in [-0.39, 0.29) is 18.8 Å². The molecule has 2 aromatic carbocycles. The van der Waals surface area contributed by atoms with Crippen LogP contribution >= 0.6 is 15.9 Å². The summed E-state index contributed by atoms with van der Waals surface area (Å²) in [7, 11) is 0. The van der Waals surface area contributed by atoms with E-state index in [0.29, 0.717) is 0 Å². The normalized spacial score (nSPS) is 12.3. The fraction of sp³-hybridized carbons (Fsp3) is 0.364. The quantitative estimate of drug-likeness (QED) is 0.266. The molecule has 0 unspecified atom stereocenters. The summed E-state index contributed by atoms with van der Waals surface area (Å²) in [5, 5.41) is 12.8. The molecule has 0 bridgehead atoms. The molecule has 0 saturated heterocycles. The third-order valence-corrected chi connectivity index (χ3v) is 5.91. The van der Waals surface area contributed by atoms with Gasteiger partial charge in [0.2, 0.25) is 5.91 Å². The van der Waals surface area contributed by atoms with Gasteiger partial charge in [-0.3, -0.25) is 4.79 Å². The summed E-state index contributed by atoms with van der Waals surface area (Å²) in [4.78, 5) is 24.2. The van der Waals surface area contributed by atoms with Crippen LogP contribution < -0.4 is 10.1 Å². The highest BCUT2D eigenvalue weighted by Gasteiger charge is 2.35. The molecule has 1 amide bonds. The Bertz CT molecular complexity index is 940. The second-order valence-electron chi connectivity index (χ2n) is 7.16. The number of phenolic OH excluding ortho intramolecular Hbond substituents is 1. The average molecular weight is 516 g/mol. The molecule has 1 atom stereocenters. The number of carbonyl (C=O) groups excluding carboxylic acids is 2. The van der Waals surface area contributed by atoms with Gasteiger partial charge in [-0.1, -0.05) is 46.3 Å². The van der Waals surface area contributed by atoms with Crippen molar-refractivity contribution in [3.05, 3.63) is 53.6 Å². The highest BCUT2D eigenvalue weighted by atomic mass is 79.9. The van der Waals surface area contributed by atoms with Crippen LogP contribution in [-0.4, -0.2) is 40.6 Å². The van der Waals surface area contributed by atoms with Gasteiger partial charge < -0.3 is 24.6 Å². The van der Waals surface area contributed by atoms with E-state index in [4.69, 9.17) is 9.47 Å². The van der Waals surface area contributed by atoms with Crippen molar-refractivity contribution in [3.8, 4) is 11.5 Å². The predicted molar refractivity (Wildman–Crippen MR) is 117 cm³/mol. The molecule has 0 fully saturated rings. The summed E-state index contributed by atoms with van der Waals surface area (Å²) in [6, 6.07) is 11.4. The van der Waals surface area contributed by atoms with Crippen molar-refractivity contribution in [1.82, 2.24) is 0 Å². The number of nitrogens with one attached hydrogen (secondary N) is 1. The molecule has 0 radical (unpaired) electrons. The number of amides is 1. The van der Waals surface area contributed by atoms with Crippen LogP contribution in [0.3, 0.4) is 0 Å². The summed E-state index contributed by atoms with van der Waals surface area (Å²) in [5.74, 6) is -2.97. The Morgan fingerprint density at radius 3 is 2.41 bits per heavy atom. The van der Waals surface area contributed by atoms with Crippen molar-refractivity contribution < 1.29 is 37.7 Å². The highest BCUT2D eigenvalue weighted by Crippen LogP contribution is 2.39. The fourth-order valence-electron chi connectivity index (χ4n) is 2.69. The predicted octanol–water partition coefficient (Wildman–Crippen LogP) is 4.87. The van der Waals surface area contributed by atoms with Gasteiger partial charge in [-0.25, -0.2) is 4.79 Å². The van der Waals surface area contributed by atoms with Crippen LogP contribution in [0.25, 0.3) is 0 Å². The molecule has 174 valence electrons. The van der Waals surface area contributed by atoms with Gasteiger partial charge in [-0.2, -0.15) is 8.78 Å². The largest absolute Gasteiger partial charge is 0.503 e. The lowest BCUT2D eigenvalue weighted by atomic mass is 10.0. The maximum absolute atomic E-state index is 12.9.